The van der Waals surface area contributed by atoms with Crippen LogP contribution in [0.3, 0.4) is 0 Å². The molecule has 7 nitrogen and oxygen atoms in total. The third kappa shape index (κ3) is 4.94. The second kappa shape index (κ2) is 9.24. The highest BCUT2D eigenvalue weighted by molar-refractivity contribution is 7.89. The molecule has 11 heteroatoms. The first-order valence-electron chi connectivity index (χ1n) is 10.3. The van der Waals surface area contributed by atoms with Crippen LogP contribution in [0, 0.1) is 25.5 Å². The minimum absolute atomic E-state index is 0.0304. The number of hydrogen-bond donors (Lipinski definition) is 1. The number of benzene rings is 2. The number of piperidine rings is 1. The number of amides is 1. The lowest BCUT2D eigenvalue weighted by atomic mass is 9.99. The Bertz CT molecular complexity index is 1300. The molecule has 0 atom stereocenters. The molecule has 33 heavy (non-hydrogen) atoms. The van der Waals surface area contributed by atoms with Crippen LogP contribution in [0.2, 0.25) is 0 Å². The first-order valence-corrected chi connectivity index (χ1v) is 12.6. The number of carbonyl (C=O) groups excluding carboxylic acids is 1. The summed E-state index contributed by atoms with van der Waals surface area (Å²) < 4.78 is 54.4. The summed E-state index contributed by atoms with van der Waals surface area (Å²) in [5, 5.41) is 11.0. The van der Waals surface area contributed by atoms with E-state index in [9.17, 15) is 22.0 Å². The van der Waals surface area contributed by atoms with Crippen molar-refractivity contribution in [1.82, 2.24) is 14.5 Å². The van der Waals surface area contributed by atoms with Gasteiger partial charge in [0.25, 0.3) is 5.91 Å². The first-order chi connectivity index (χ1) is 15.6. The molecule has 1 amide bonds. The van der Waals surface area contributed by atoms with Crippen molar-refractivity contribution in [2.75, 3.05) is 18.4 Å². The summed E-state index contributed by atoms with van der Waals surface area (Å²) in [5.74, 6) is -2.30. The number of sulfonamides is 1. The van der Waals surface area contributed by atoms with Crippen LogP contribution in [0.15, 0.2) is 41.3 Å². The Labute approximate surface area is 194 Å². The zero-order valence-electron chi connectivity index (χ0n) is 18.0. The zero-order valence-corrected chi connectivity index (χ0v) is 19.6. The molecule has 4 rings (SSSR count). The third-order valence-electron chi connectivity index (χ3n) is 5.57. The minimum atomic E-state index is -3.59. The van der Waals surface area contributed by atoms with Crippen molar-refractivity contribution in [2.45, 2.75) is 37.5 Å². The predicted octanol–water partition coefficient (Wildman–Crippen LogP) is 4.25. The van der Waals surface area contributed by atoms with Crippen LogP contribution in [0.5, 0.6) is 0 Å². The molecule has 0 unspecified atom stereocenters. The molecule has 2 heterocycles. The van der Waals surface area contributed by atoms with Gasteiger partial charge in [-0.3, -0.25) is 4.79 Å². The van der Waals surface area contributed by atoms with E-state index in [4.69, 9.17) is 0 Å². The molecular formula is C22H22F2N4O3S2. The van der Waals surface area contributed by atoms with E-state index in [1.54, 1.807) is 19.1 Å². The maximum atomic E-state index is 13.8. The fraction of sp³-hybridized carbons (Fsp3) is 0.318. The molecule has 3 aromatic rings. The van der Waals surface area contributed by atoms with Gasteiger partial charge in [0.1, 0.15) is 16.6 Å². The largest absolute Gasteiger partial charge is 0.317 e. The highest BCUT2D eigenvalue weighted by atomic mass is 32.2. The molecule has 0 saturated carbocycles. The van der Waals surface area contributed by atoms with Gasteiger partial charge in [-0.1, -0.05) is 29.0 Å². The smallest absolute Gasteiger partial charge is 0.286 e. The Kier molecular flexibility index (Phi) is 6.55. The zero-order chi connectivity index (χ0) is 23.8. The predicted molar refractivity (Wildman–Crippen MR) is 121 cm³/mol. The Morgan fingerprint density at radius 3 is 2.48 bits per heavy atom. The Balaban J connectivity index is 1.41. The van der Waals surface area contributed by atoms with Gasteiger partial charge in [-0.2, -0.15) is 4.31 Å². The van der Waals surface area contributed by atoms with Gasteiger partial charge in [0, 0.05) is 25.1 Å². The van der Waals surface area contributed by atoms with Crippen LogP contribution >= 0.6 is 11.3 Å². The van der Waals surface area contributed by atoms with Gasteiger partial charge >= 0.3 is 0 Å². The summed E-state index contributed by atoms with van der Waals surface area (Å²) >= 11 is 1.09. The number of rotatable bonds is 5. The molecule has 0 bridgehead atoms. The SMILES string of the molecule is Cc1ccc(S(=O)(=O)N2CCC(c3nnc(C(=O)Nc4ccc(F)cc4F)s3)CC2)c(C)c1. The molecule has 0 radical (unpaired) electrons. The van der Waals surface area contributed by atoms with Gasteiger partial charge in [0.2, 0.25) is 15.0 Å². The summed E-state index contributed by atoms with van der Waals surface area (Å²) in [4.78, 5) is 12.7. The Morgan fingerprint density at radius 2 is 1.82 bits per heavy atom. The highest BCUT2D eigenvalue weighted by Gasteiger charge is 2.32. The molecule has 1 fully saturated rings. The number of nitrogens with one attached hydrogen (secondary N) is 1. The van der Waals surface area contributed by atoms with Crippen LogP contribution in [0.4, 0.5) is 14.5 Å². The highest BCUT2D eigenvalue weighted by Crippen LogP contribution is 2.33. The molecule has 0 spiro atoms. The van der Waals surface area contributed by atoms with E-state index in [0.717, 1.165) is 34.6 Å². The summed E-state index contributed by atoms with van der Waals surface area (Å²) in [6.07, 6.45) is 1.10. The number of aromatic nitrogens is 2. The van der Waals surface area contributed by atoms with E-state index in [-0.39, 0.29) is 16.6 Å². The number of hydrogen-bond acceptors (Lipinski definition) is 6. The molecule has 1 N–H and O–H groups in total. The molecule has 1 aromatic heterocycles. The van der Waals surface area contributed by atoms with Gasteiger partial charge < -0.3 is 5.32 Å². The summed E-state index contributed by atoms with van der Waals surface area (Å²) in [7, 11) is -3.59. The average molecular weight is 493 g/mol. The number of nitrogens with zero attached hydrogens (tertiary/aromatic N) is 3. The van der Waals surface area contributed by atoms with E-state index in [0.29, 0.717) is 41.9 Å². The lowest BCUT2D eigenvalue weighted by Gasteiger charge is -2.30. The molecular weight excluding hydrogens is 470 g/mol. The van der Waals surface area contributed by atoms with Gasteiger partial charge in [0.05, 0.1) is 10.6 Å². The molecule has 2 aromatic carbocycles. The fourth-order valence-electron chi connectivity index (χ4n) is 3.83. The fourth-order valence-corrected chi connectivity index (χ4v) is 6.41. The van der Waals surface area contributed by atoms with Crippen LogP contribution in [-0.4, -0.2) is 41.9 Å². The topological polar surface area (TPSA) is 92.3 Å². The standard InChI is InChI=1S/C22H22F2N4O3S2/c1-13-3-6-19(14(2)11-13)33(30,31)28-9-7-15(8-10-28)21-26-27-22(32-21)20(29)25-18-5-4-16(23)12-17(18)24/h3-6,11-12,15H,7-10H2,1-2H3,(H,25,29). The number of halogens is 2. The quantitative estimate of drug-likeness (QED) is 0.575. The third-order valence-corrected chi connectivity index (χ3v) is 8.71. The van der Waals surface area contributed by atoms with E-state index >= 15 is 0 Å². The van der Waals surface area contributed by atoms with E-state index in [2.05, 4.69) is 15.5 Å². The molecule has 174 valence electrons. The van der Waals surface area contributed by atoms with Gasteiger partial charge in [-0.25, -0.2) is 17.2 Å². The molecule has 1 saturated heterocycles. The second-order valence-corrected chi connectivity index (χ2v) is 10.9. The van der Waals surface area contributed by atoms with Crippen molar-refractivity contribution in [3.63, 3.8) is 0 Å². The van der Waals surface area contributed by atoms with Gasteiger partial charge in [-0.15, -0.1) is 10.2 Å². The van der Waals surface area contributed by atoms with Crippen molar-refractivity contribution in [2.24, 2.45) is 0 Å². The maximum Gasteiger partial charge on any atom is 0.286 e. The van der Waals surface area contributed by atoms with Crippen molar-refractivity contribution < 1.29 is 22.0 Å². The Morgan fingerprint density at radius 1 is 1.09 bits per heavy atom. The summed E-state index contributed by atoms with van der Waals surface area (Å²) in [5.41, 5.74) is 1.57. The first kappa shape index (κ1) is 23.4. The van der Waals surface area contributed by atoms with Crippen molar-refractivity contribution in [1.29, 1.82) is 0 Å². The minimum Gasteiger partial charge on any atom is -0.317 e. The number of aryl methyl sites for hydroxylation is 2. The van der Waals surface area contributed by atoms with E-state index < -0.39 is 27.6 Å². The van der Waals surface area contributed by atoms with Crippen LogP contribution < -0.4 is 5.32 Å². The second-order valence-electron chi connectivity index (χ2n) is 7.97. The van der Waals surface area contributed by atoms with E-state index in [1.807, 2.05) is 13.0 Å². The molecule has 1 aliphatic rings. The monoisotopic (exact) mass is 492 g/mol. The van der Waals surface area contributed by atoms with Gasteiger partial charge in [0.15, 0.2) is 0 Å². The van der Waals surface area contributed by atoms with Crippen molar-refractivity contribution >= 4 is 33.0 Å². The lowest BCUT2D eigenvalue weighted by Crippen LogP contribution is -2.38. The summed E-state index contributed by atoms with van der Waals surface area (Å²) in [6, 6.07) is 8.15. The maximum absolute atomic E-state index is 13.8. The van der Waals surface area contributed by atoms with Crippen LogP contribution in [0.1, 0.15) is 44.7 Å². The Hall–Kier alpha value is -2.76. The average Bonchev–Trinajstić information content (AvgIpc) is 3.26. The normalized spacial score (nSPS) is 15.5. The van der Waals surface area contributed by atoms with Crippen LogP contribution in [-0.2, 0) is 10.0 Å². The summed E-state index contributed by atoms with van der Waals surface area (Å²) in [6.45, 7) is 4.38. The molecule has 1 aliphatic heterocycles. The number of carbonyl (C=O) groups is 1. The van der Waals surface area contributed by atoms with E-state index in [1.165, 1.54) is 4.31 Å². The van der Waals surface area contributed by atoms with Gasteiger partial charge in [-0.05, 0) is 50.5 Å². The van der Waals surface area contributed by atoms with Crippen LogP contribution in [0.25, 0.3) is 0 Å². The lowest BCUT2D eigenvalue weighted by molar-refractivity contribution is 0.102. The molecule has 0 aliphatic carbocycles. The number of anilines is 1. The van der Waals surface area contributed by atoms with Crippen molar-refractivity contribution in [3.05, 3.63) is 69.2 Å². The van der Waals surface area contributed by atoms with Crippen molar-refractivity contribution in [3.8, 4) is 0 Å².